The van der Waals surface area contributed by atoms with Crippen molar-refractivity contribution in [2.45, 2.75) is 45.1 Å². The molecule has 0 unspecified atom stereocenters. The van der Waals surface area contributed by atoms with Gasteiger partial charge in [-0.25, -0.2) is 9.07 Å². The lowest BCUT2D eigenvalue weighted by Gasteiger charge is -2.35. The molecule has 0 radical (unpaired) electrons. The summed E-state index contributed by atoms with van der Waals surface area (Å²) in [6.45, 7) is 2.34. The minimum absolute atomic E-state index is 0.0436. The zero-order chi connectivity index (χ0) is 18.7. The van der Waals surface area contributed by atoms with E-state index in [0.29, 0.717) is 29.9 Å². The van der Waals surface area contributed by atoms with Crippen molar-refractivity contribution >= 4 is 11.9 Å². The Morgan fingerprint density at radius 3 is 2.81 bits per heavy atom. The van der Waals surface area contributed by atoms with E-state index in [4.69, 9.17) is 5.11 Å². The molecule has 1 aliphatic heterocycles. The quantitative estimate of drug-likeness (QED) is 0.890. The number of likely N-dealkylation sites (tertiary alicyclic amines) is 1. The maximum absolute atomic E-state index is 14.0. The summed E-state index contributed by atoms with van der Waals surface area (Å²) in [5.74, 6) is -1.43. The summed E-state index contributed by atoms with van der Waals surface area (Å²) in [7, 11) is 0. The third kappa shape index (κ3) is 3.61. The number of piperidine rings is 1. The molecule has 0 bridgehead atoms. The van der Waals surface area contributed by atoms with Crippen molar-refractivity contribution in [3.05, 3.63) is 47.5 Å². The summed E-state index contributed by atoms with van der Waals surface area (Å²) in [6, 6.07) is 6.20. The van der Waals surface area contributed by atoms with Gasteiger partial charge in [0.25, 0.3) is 5.91 Å². The van der Waals surface area contributed by atoms with E-state index in [1.165, 1.54) is 16.9 Å². The van der Waals surface area contributed by atoms with Gasteiger partial charge in [0.2, 0.25) is 0 Å². The van der Waals surface area contributed by atoms with E-state index in [0.717, 1.165) is 19.3 Å². The van der Waals surface area contributed by atoms with E-state index < -0.39 is 11.8 Å². The second-order valence-electron chi connectivity index (χ2n) is 6.59. The highest BCUT2D eigenvalue weighted by Gasteiger charge is 2.30. The van der Waals surface area contributed by atoms with E-state index in [9.17, 15) is 14.0 Å². The van der Waals surface area contributed by atoms with Crippen LogP contribution in [0.15, 0.2) is 30.5 Å². The summed E-state index contributed by atoms with van der Waals surface area (Å²) in [4.78, 5) is 25.7. The second kappa shape index (κ2) is 7.68. The first kappa shape index (κ1) is 18.1. The number of halogens is 1. The average molecular weight is 359 g/mol. The van der Waals surface area contributed by atoms with Crippen LogP contribution in [-0.4, -0.2) is 44.3 Å². The van der Waals surface area contributed by atoms with Crippen LogP contribution in [0.4, 0.5) is 4.39 Å². The van der Waals surface area contributed by atoms with E-state index in [1.807, 2.05) is 0 Å². The van der Waals surface area contributed by atoms with E-state index in [-0.39, 0.29) is 18.4 Å². The highest BCUT2D eigenvalue weighted by atomic mass is 19.1. The maximum Gasteiger partial charge on any atom is 0.303 e. The van der Waals surface area contributed by atoms with Crippen molar-refractivity contribution < 1.29 is 19.1 Å². The van der Waals surface area contributed by atoms with Crippen molar-refractivity contribution in [2.24, 2.45) is 0 Å². The smallest absolute Gasteiger partial charge is 0.303 e. The summed E-state index contributed by atoms with van der Waals surface area (Å²) < 4.78 is 15.5. The molecule has 26 heavy (non-hydrogen) atoms. The number of carbonyl (C=O) groups is 2. The number of carbonyl (C=O) groups excluding carboxylic acids is 1. The number of carboxylic acid groups (broad SMARTS) is 1. The van der Waals surface area contributed by atoms with E-state index >= 15 is 0 Å². The predicted octanol–water partition coefficient (Wildman–Crippen LogP) is 3.18. The van der Waals surface area contributed by atoms with Crippen LogP contribution in [0, 0.1) is 12.7 Å². The van der Waals surface area contributed by atoms with Gasteiger partial charge in [0.05, 0.1) is 17.5 Å². The molecule has 1 N–H and O–H groups in total. The fourth-order valence-electron chi connectivity index (χ4n) is 3.50. The molecule has 1 aromatic carbocycles. The number of aromatic nitrogens is 2. The Kier molecular flexibility index (Phi) is 5.35. The molecule has 6 nitrogen and oxygen atoms in total. The van der Waals surface area contributed by atoms with Crippen LogP contribution in [-0.2, 0) is 4.79 Å². The zero-order valence-electron chi connectivity index (χ0n) is 14.7. The zero-order valence-corrected chi connectivity index (χ0v) is 14.7. The lowest BCUT2D eigenvalue weighted by Crippen LogP contribution is -2.44. The van der Waals surface area contributed by atoms with Crippen LogP contribution in [0.1, 0.15) is 48.2 Å². The van der Waals surface area contributed by atoms with E-state index in [2.05, 4.69) is 5.10 Å². The molecule has 1 saturated heterocycles. The van der Waals surface area contributed by atoms with Gasteiger partial charge >= 0.3 is 5.97 Å². The first-order valence-electron chi connectivity index (χ1n) is 8.81. The van der Waals surface area contributed by atoms with Gasteiger partial charge < -0.3 is 10.0 Å². The highest BCUT2D eigenvalue weighted by Crippen LogP contribution is 2.25. The average Bonchev–Trinajstić information content (AvgIpc) is 3.01. The minimum atomic E-state index is -0.855. The lowest BCUT2D eigenvalue weighted by molar-refractivity contribution is -0.137. The Hall–Kier alpha value is -2.70. The number of benzene rings is 1. The largest absolute Gasteiger partial charge is 0.481 e. The van der Waals surface area contributed by atoms with Gasteiger partial charge in [-0.3, -0.25) is 9.59 Å². The fraction of sp³-hybridized carbons (Fsp3) is 0.421. The summed E-state index contributed by atoms with van der Waals surface area (Å²) in [5.41, 5.74) is 1.29. The summed E-state index contributed by atoms with van der Waals surface area (Å²) in [5, 5.41) is 13.1. The fourth-order valence-corrected chi connectivity index (χ4v) is 3.50. The number of rotatable bonds is 5. The molecule has 0 aliphatic carbocycles. The third-order valence-corrected chi connectivity index (χ3v) is 4.90. The van der Waals surface area contributed by atoms with Crippen LogP contribution in [0.3, 0.4) is 0 Å². The van der Waals surface area contributed by atoms with Gasteiger partial charge in [-0.05, 0) is 44.7 Å². The van der Waals surface area contributed by atoms with Crippen molar-refractivity contribution in [3.8, 4) is 5.69 Å². The Morgan fingerprint density at radius 2 is 2.08 bits per heavy atom. The number of amides is 1. The first-order valence-corrected chi connectivity index (χ1v) is 8.81. The summed E-state index contributed by atoms with van der Waals surface area (Å²) in [6.07, 6.45) is 4.65. The van der Waals surface area contributed by atoms with Gasteiger partial charge in [0, 0.05) is 19.0 Å². The van der Waals surface area contributed by atoms with Crippen LogP contribution in [0.5, 0.6) is 0 Å². The van der Waals surface area contributed by atoms with Crippen LogP contribution >= 0.6 is 0 Å². The van der Waals surface area contributed by atoms with Crippen LogP contribution in [0.2, 0.25) is 0 Å². The van der Waals surface area contributed by atoms with Crippen LogP contribution < -0.4 is 0 Å². The van der Waals surface area contributed by atoms with Crippen molar-refractivity contribution in [1.82, 2.24) is 14.7 Å². The molecule has 3 rings (SSSR count). The second-order valence-corrected chi connectivity index (χ2v) is 6.59. The SMILES string of the molecule is Cc1c(C(=O)N2CCCC[C@H]2CCC(=O)O)cnn1-c1ccccc1F. The number of nitrogens with zero attached hydrogens (tertiary/aromatic N) is 3. The lowest BCUT2D eigenvalue weighted by atomic mass is 9.97. The standard InChI is InChI=1S/C19H22FN3O3/c1-13-15(12-21-23(13)17-8-3-2-7-16(17)20)19(26)22-11-5-4-6-14(22)9-10-18(24)25/h2-3,7-8,12,14H,4-6,9-11H2,1H3,(H,24,25)/t14-/m0/s1. The molecule has 1 aliphatic rings. The van der Waals surface area contributed by atoms with E-state index in [1.54, 1.807) is 30.0 Å². The maximum atomic E-state index is 14.0. The van der Waals surface area contributed by atoms with Crippen molar-refractivity contribution in [2.75, 3.05) is 6.54 Å². The van der Waals surface area contributed by atoms with Crippen molar-refractivity contribution in [1.29, 1.82) is 0 Å². The van der Waals surface area contributed by atoms with Crippen LogP contribution in [0.25, 0.3) is 5.69 Å². The first-order chi connectivity index (χ1) is 12.5. The van der Waals surface area contributed by atoms with Gasteiger partial charge in [0.15, 0.2) is 0 Å². The molecular formula is C19H22FN3O3. The number of aliphatic carboxylic acids is 1. The Balaban J connectivity index is 1.85. The Morgan fingerprint density at radius 1 is 1.31 bits per heavy atom. The third-order valence-electron chi connectivity index (χ3n) is 4.90. The van der Waals surface area contributed by atoms with Gasteiger partial charge in [0.1, 0.15) is 11.5 Å². The van der Waals surface area contributed by atoms with Gasteiger partial charge in [-0.2, -0.15) is 5.10 Å². The molecule has 2 heterocycles. The number of hydrogen-bond acceptors (Lipinski definition) is 3. The van der Waals surface area contributed by atoms with Gasteiger partial charge in [-0.1, -0.05) is 12.1 Å². The molecule has 0 saturated carbocycles. The molecule has 1 amide bonds. The monoisotopic (exact) mass is 359 g/mol. The Labute approximate surface area is 151 Å². The van der Waals surface area contributed by atoms with Crippen molar-refractivity contribution in [3.63, 3.8) is 0 Å². The number of hydrogen-bond donors (Lipinski definition) is 1. The molecule has 1 aromatic heterocycles. The molecule has 138 valence electrons. The summed E-state index contributed by atoms with van der Waals surface area (Å²) >= 11 is 0. The minimum Gasteiger partial charge on any atom is -0.481 e. The molecule has 0 spiro atoms. The molecule has 7 heteroatoms. The topological polar surface area (TPSA) is 75.4 Å². The normalized spacial score (nSPS) is 17.3. The number of carboxylic acids is 1. The molecule has 1 fully saturated rings. The molecule has 2 aromatic rings. The van der Waals surface area contributed by atoms with Gasteiger partial charge in [-0.15, -0.1) is 0 Å². The molecule has 1 atom stereocenters. The molecular weight excluding hydrogens is 337 g/mol. The predicted molar refractivity (Wildman–Crippen MR) is 93.8 cm³/mol. The highest BCUT2D eigenvalue weighted by molar-refractivity contribution is 5.95. The number of para-hydroxylation sites is 1. The Bertz CT molecular complexity index is 818.